The number of rotatable bonds is 3. The van der Waals surface area contributed by atoms with Crippen molar-refractivity contribution in [2.45, 2.75) is 6.54 Å². The molecule has 0 aliphatic rings. The van der Waals surface area contributed by atoms with Gasteiger partial charge >= 0.3 is 0 Å². The van der Waals surface area contributed by atoms with E-state index in [2.05, 4.69) is 21.0 Å². The third-order valence-corrected chi connectivity index (χ3v) is 3.91. The van der Waals surface area contributed by atoms with Gasteiger partial charge in [0.1, 0.15) is 0 Å². The van der Waals surface area contributed by atoms with E-state index < -0.39 is 0 Å². The SMILES string of the molecule is CN(C)c1cnn(Cc2ccc(Br)s2)c(=O)c1. The molecule has 0 saturated heterocycles. The van der Waals surface area contributed by atoms with Crippen LogP contribution in [0, 0.1) is 0 Å². The Balaban J connectivity index is 2.25. The number of aromatic nitrogens is 2. The monoisotopic (exact) mass is 313 g/mol. The van der Waals surface area contributed by atoms with E-state index >= 15 is 0 Å². The van der Waals surface area contributed by atoms with Crippen LogP contribution in [0.4, 0.5) is 5.69 Å². The molecule has 90 valence electrons. The Morgan fingerprint density at radius 1 is 1.47 bits per heavy atom. The van der Waals surface area contributed by atoms with Gasteiger partial charge in [-0.1, -0.05) is 0 Å². The fourth-order valence-corrected chi connectivity index (χ4v) is 2.84. The summed E-state index contributed by atoms with van der Waals surface area (Å²) in [5.74, 6) is 0. The number of anilines is 1. The van der Waals surface area contributed by atoms with Gasteiger partial charge < -0.3 is 4.90 Å². The summed E-state index contributed by atoms with van der Waals surface area (Å²) in [6.45, 7) is 0.517. The maximum absolute atomic E-state index is 11.8. The Labute approximate surface area is 112 Å². The summed E-state index contributed by atoms with van der Waals surface area (Å²) < 4.78 is 2.52. The van der Waals surface area contributed by atoms with Crippen molar-refractivity contribution in [3.63, 3.8) is 0 Å². The summed E-state index contributed by atoms with van der Waals surface area (Å²) in [6, 6.07) is 5.55. The van der Waals surface area contributed by atoms with Crippen molar-refractivity contribution < 1.29 is 0 Å². The van der Waals surface area contributed by atoms with Crippen LogP contribution in [0.1, 0.15) is 4.88 Å². The maximum atomic E-state index is 11.8. The molecule has 2 aromatic rings. The Kier molecular flexibility index (Phi) is 3.63. The Hall–Kier alpha value is -1.14. The van der Waals surface area contributed by atoms with Crippen molar-refractivity contribution in [3.8, 4) is 0 Å². The highest BCUT2D eigenvalue weighted by Gasteiger charge is 2.04. The summed E-state index contributed by atoms with van der Waals surface area (Å²) >= 11 is 5.01. The lowest BCUT2D eigenvalue weighted by Gasteiger charge is -2.11. The van der Waals surface area contributed by atoms with Crippen LogP contribution in [0.2, 0.25) is 0 Å². The second kappa shape index (κ2) is 5.01. The van der Waals surface area contributed by atoms with E-state index in [0.29, 0.717) is 6.54 Å². The van der Waals surface area contributed by atoms with Crippen LogP contribution in [0.3, 0.4) is 0 Å². The Morgan fingerprint density at radius 3 is 2.76 bits per heavy atom. The van der Waals surface area contributed by atoms with Gasteiger partial charge in [-0.25, -0.2) is 4.68 Å². The molecule has 0 aliphatic heterocycles. The number of nitrogens with zero attached hydrogens (tertiary/aromatic N) is 3. The first kappa shape index (κ1) is 12.3. The fraction of sp³-hybridized carbons (Fsp3) is 0.273. The minimum absolute atomic E-state index is 0.0827. The summed E-state index contributed by atoms with van der Waals surface area (Å²) in [6.07, 6.45) is 1.70. The van der Waals surface area contributed by atoms with Crippen molar-refractivity contribution in [3.05, 3.63) is 43.4 Å². The van der Waals surface area contributed by atoms with Gasteiger partial charge in [0.15, 0.2) is 0 Å². The molecule has 6 heteroatoms. The summed E-state index contributed by atoms with van der Waals surface area (Å²) in [5.41, 5.74) is 0.735. The third-order valence-electron chi connectivity index (χ3n) is 2.31. The third kappa shape index (κ3) is 2.95. The van der Waals surface area contributed by atoms with Gasteiger partial charge in [-0.05, 0) is 28.1 Å². The van der Waals surface area contributed by atoms with Crippen LogP contribution >= 0.6 is 27.3 Å². The molecule has 0 radical (unpaired) electrons. The number of thiophene rings is 1. The molecule has 2 rings (SSSR count). The topological polar surface area (TPSA) is 38.1 Å². The standard InChI is InChI=1S/C11H12BrN3OS/c1-14(2)8-5-11(16)15(13-6-8)7-9-3-4-10(12)17-9/h3-6H,7H2,1-2H3. The van der Waals surface area contributed by atoms with Gasteiger partial charge in [-0.2, -0.15) is 5.10 Å². The lowest BCUT2D eigenvalue weighted by Crippen LogP contribution is -2.24. The van der Waals surface area contributed by atoms with Crippen molar-refractivity contribution in [2.24, 2.45) is 0 Å². The van der Waals surface area contributed by atoms with Crippen molar-refractivity contribution in [1.82, 2.24) is 9.78 Å². The minimum Gasteiger partial charge on any atom is -0.376 e. The molecule has 2 aromatic heterocycles. The zero-order valence-electron chi connectivity index (χ0n) is 9.55. The highest BCUT2D eigenvalue weighted by atomic mass is 79.9. The maximum Gasteiger partial charge on any atom is 0.269 e. The molecular formula is C11H12BrN3OS. The predicted octanol–water partition coefficient (Wildman–Crippen LogP) is 2.18. The van der Waals surface area contributed by atoms with E-state index in [4.69, 9.17) is 0 Å². The van der Waals surface area contributed by atoms with Crippen LogP contribution < -0.4 is 10.5 Å². The minimum atomic E-state index is -0.0827. The van der Waals surface area contributed by atoms with Gasteiger partial charge in [0.05, 0.1) is 22.2 Å². The predicted molar refractivity (Wildman–Crippen MR) is 73.9 cm³/mol. The molecule has 0 atom stereocenters. The Morgan fingerprint density at radius 2 is 2.24 bits per heavy atom. The van der Waals surface area contributed by atoms with Crippen LogP contribution in [0.25, 0.3) is 0 Å². The van der Waals surface area contributed by atoms with E-state index in [0.717, 1.165) is 14.4 Å². The summed E-state index contributed by atoms with van der Waals surface area (Å²) in [7, 11) is 3.77. The van der Waals surface area contributed by atoms with E-state index in [1.54, 1.807) is 23.6 Å². The van der Waals surface area contributed by atoms with Crippen molar-refractivity contribution in [2.75, 3.05) is 19.0 Å². The zero-order chi connectivity index (χ0) is 12.4. The first-order chi connectivity index (χ1) is 8.06. The largest absolute Gasteiger partial charge is 0.376 e. The van der Waals surface area contributed by atoms with Crippen LogP contribution in [-0.2, 0) is 6.54 Å². The van der Waals surface area contributed by atoms with Gasteiger partial charge in [0, 0.05) is 25.0 Å². The van der Waals surface area contributed by atoms with Crippen molar-refractivity contribution in [1.29, 1.82) is 0 Å². The Bertz CT molecular complexity index is 576. The van der Waals surface area contributed by atoms with Gasteiger partial charge in [0.2, 0.25) is 0 Å². The first-order valence-corrected chi connectivity index (χ1v) is 6.66. The lowest BCUT2D eigenvalue weighted by molar-refractivity contribution is 0.644. The molecule has 0 spiro atoms. The highest BCUT2D eigenvalue weighted by molar-refractivity contribution is 9.11. The second-order valence-electron chi connectivity index (χ2n) is 3.81. The number of hydrogen-bond donors (Lipinski definition) is 0. The molecule has 2 heterocycles. The summed E-state index contributed by atoms with van der Waals surface area (Å²) in [5, 5.41) is 4.16. The van der Waals surface area contributed by atoms with E-state index in [1.165, 1.54) is 4.68 Å². The number of hydrogen-bond acceptors (Lipinski definition) is 4. The first-order valence-electron chi connectivity index (χ1n) is 5.05. The number of halogens is 1. The average Bonchev–Trinajstić information content (AvgIpc) is 2.67. The molecule has 0 amide bonds. The molecular weight excluding hydrogens is 302 g/mol. The van der Waals surface area contributed by atoms with Crippen LogP contribution in [0.5, 0.6) is 0 Å². The average molecular weight is 314 g/mol. The molecule has 0 bridgehead atoms. The van der Waals surface area contributed by atoms with Crippen LogP contribution in [-0.4, -0.2) is 23.9 Å². The van der Waals surface area contributed by atoms with Gasteiger partial charge in [-0.3, -0.25) is 4.79 Å². The van der Waals surface area contributed by atoms with Gasteiger partial charge in [0.25, 0.3) is 5.56 Å². The molecule has 0 saturated carbocycles. The second-order valence-corrected chi connectivity index (χ2v) is 6.36. The molecule has 0 unspecified atom stereocenters. The van der Waals surface area contributed by atoms with E-state index in [9.17, 15) is 4.79 Å². The summed E-state index contributed by atoms with van der Waals surface area (Å²) in [4.78, 5) is 14.8. The van der Waals surface area contributed by atoms with E-state index in [-0.39, 0.29) is 5.56 Å². The zero-order valence-corrected chi connectivity index (χ0v) is 12.0. The fourth-order valence-electron chi connectivity index (χ4n) is 1.37. The van der Waals surface area contributed by atoms with E-state index in [1.807, 2.05) is 31.1 Å². The smallest absolute Gasteiger partial charge is 0.269 e. The molecule has 0 aliphatic carbocycles. The lowest BCUT2D eigenvalue weighted by atomic mass is 10.4. The quantitative estimate of drug-likeness (QED) is 0.871. The molecule has 0 aromatic carbocycles. The van der Waals surface area contributed by atoms with Crippen LogP contribution in [0.15, 0.2) is 33.0 Å². The molecule has 4 nitrogen and oxygen atoms in total. The van der Waals surface area contributed by atoms with Crippen molar-refractivity contribution >= 4 is 33.0 Å². The molecule has 0 N–H and O–H groups in total. The van der Waals surface area contributed by atoms with Gasteiger partial charge in [-0.15, -0.1) is 11.3 Å². The highest BCUT2D eigenvalue weighted by Crippen LogP contribution is 2.22. The molecule has 17 heavy (non-hydrogen) atoms. The normalized spacial score (nSPS) is 10.5. The molecule has 0 fully saturated rings.